The minimum absolute atomic E-state index is 0.123. The molecule has 0 saturated heterocycles. The molecule has 0 aliphatic rings. The van der Waals surface area contributed by atoms with E-state index in [1.54, 1.807) is 6.07 Å². The van der Waals surface area contributed by atoms with Gasteiger partial charge in [0.05, 0.1) is 15.8 Å². The van der Waals surface area contributed by atoms with E-state index >= 15 is 0 Å². The molecule has 0 spiro atoms. The Bertz CT molecular complexity index is 1210. The Labute approximate surface area is 202 Å². The zero-order valence-electron chi connectivity index (χ0n) is 16.9. The summed E-state index contributed by atoms with van der Waals surface area (Å²) in [6.07, 6.45) is 0. The second-order valence-corrected chi connectivity index (χ2v) is 10.4. The van der Waals surface area contributed by atoms with Gasteiger partial charge < -0.3 is 10.6 Å². The number of aromatic nitrogens is 1. The van der Waals surface area contributed by atoms with E-state index in [0.29, 0.717) is 20.7 Å². The fourth-order valence-corrected chi connectivity index (χ4v) is 5.10. The summed E-state index contributed by atoms with van der Waals surface area (Å²) < 4.78 is 0. The van der Waals surface area contributed by atoms with Crippen molar-refractivity contribution >= 4 is 68.7 Å². The zero-order chi connectivity index (χ0) is 22.5. The summed E-state index contributed by atoms with van der Waals surface area (Å²) in [6, 6.07) is 18.5. The van der Waals surface area contributed by atoms with E-state index in [-0.39, 0.29) is 17.1 Å². The van der Waals surface area contributed by atoms with E-state index in [0.717, 1.165) is 16.2 Å². The van der Waals surface area contributed by atoms with Crippen molar-refractivity contribution in [2.24, 2.45) is 0 Å². The number of benzene rings is 2. The molecular weight excluding hydrogens is 482 g/mol. The summed E-state index contributed by atoms with van der Waals surface area (Å²) in [6.45, 7) is 1.85. The first-order chi connectivity index (χ1) is 15.5. The molecule has 5 nitrogen and oxygen atoms in total. The van der Waals surface area contributed by atoms with Crippen molar-refractivity contribution in [1.82, 2.24) is 4.98 Å². The van der Waals surface area contributed by atoms with Crippen LogP contribution in [0.25, 0.3) is 11.3 Å². The number of thiazole rings is 1. The van der Waals surface area contributed by atoms with Crippen molar-refractivity contribution in [2.45, 2.75) is 17.1 Å². The number of hydrogen-bond acceptors (Lipinski definition) is 6. The average molecular weight is 500 g/mol. The summed E-state index contributed by atoms with van der Waals surface area (Å²) in [5.41, 5.74) is 2.45. The van der Waals surface area contributed by atoms with Crippen molar-refractivity contribution in [3.63, 3.8) is 0 Å². The lowest BCUT2D eigenvalue weighted by Crippen LogP contribution is -2.22. The van der Waals surface area contributed by atoms with Gasteiger partial charge in [-0.3, -0.25) is 9.59 Å². The highest BCUT2D eigenvalue weighted by molar-refractivity contribution is 8.00. The predicted molar refractivity (Wildman–Crippen MR) is 135 cm³/mol. The fraction of sp³-hybridized carbons (Fsp3) is 0.0870. The van der Waals surface area contributed by atoms with E-state index in [1.165, 1.54) is 34.4 Å². The zero-order valence-corrected chi connectivity index (χ0v) is 20.1. The van der Waals surface area contributed by atoms with Crippen molar-refractivity contribution in [3.8, 4) is 11.3 Å². The minimum atomic E-state index is -0.315. The first-order valence-electron chi connectivity index (χ1n) is 9.62. The van der Waals surface area contributed by atoms with Gasteiger partial charge in [-0.2, -0.15) is 0 Å². The number of nitrogens with one attached hydrogen (secondary N) is 2. The van der Waals surface area contributed by atoms with Crippen molar-refractivity contribution in [1.29, 1.82) is 0 Å². The fourth-order valence-electron chi connectivity index (χ4n) is 2.77. The Kier molecular flexibility index (Phi) is 7.26. The van der Waals surface area contributed by atoms with Crippen LogP contribution in [0.15, 0.2) is 76.3 Å². The predicted octanol–water partition coefficient (Wildman–Crippen LogP) is 6.90. The number of nitrogens with zero attached hydrogens (tertiary/aromatic N) is 1. The van der Waals surface area contributed by atoms with E-state index in [9.17, 15) is 9.59 Å². The van der Waals surface area contributed by atoms with Crippen LogP contribution < -0.4 is 10.6 Å². The molecule has 2 N–H and O–H groups in total. The third-order valence-electron chi connectivity index (χ3n) is 4.41. The van der Waals surface area contributed by atoms with E-state index in [2.05, 4.69) is 15.6 Å². The lowest BCUT2D eigenvalue weighted by molar-refractivity contribution is -0.115. The largest absolute Gasteiger partial charge is 0.321 e. The smallest absolute Gasteiger partial charge is 0.265 e. The Hall–Kier alpha value is -2.65. The van der Waals surface area contributed by atoms with Gasteiger partial charge in [0.2, 0.25) is 5.91 Å². The van der Waals surface area contributed by atoms with Crippen molar-refractivity contribution in [2.75, 3.05) is 10.6 Å². The maximum Gasteiger partial charge on any atom is 0.265 e. The first-order valence-corrected chi connectivity index (χ1v) is 12.6. The molecule has 0 aliphatic carbocycles. The molecule has 0 radical (unpaired) electrons. The number of hydrogen-bond donors (Lipinski definition) is 2. The van der Waals surface area contributed by atoms with Gasteiger partial charge in [0.15, 0.2) is 5.13 Å². The Morgan fingerprint density at radius 2 is 1.75 bits per heavy atom. The van der Waals surface area contributed by atoms with Crippen LogP contribution in [0, 0.1) is 0 Å². The number of anilines is 2. The van der Waals surface area contributed by atoms with Crippen LogP contribution in [0.2, 0.25) is 5.02 Å². The molecule has 162 valence electrons. The minimum Gasteiger partial charge on any atom is -0.321 e. The molecular formula is C23H18ClN3O2S3. The molecule has 0 saturated carbocycles. The number of carbonyl (C=O) groups excluding carboxylic acids is 2. The van der Waals surface area contributed by atoms with Crippen LogP contribution in [-0.4, -0.2) is 22.0 Å². The van der Waals surface area contributed by atoms with Gasteiger partial charge in [0, 0.05) is 26.5 Å². The Morgan fingerprint density at radius 3 is 2.44 bits per heavy atom. The third kappa shape index (κ3) is 5.77. The third-order valence-corrected chi connectivity index (χ3v) is 7.40. The van der Waals surface area contributed by atoms with Crippen molar-refractivity contribution < 1.29 is 9.59 Å². The van der Waals surface area contributed by atoms with Gasteiger partial charge in [-0.05, 0) is 54.8 Å². The molecule has 4 rings (SSSR count). The van der Waals surface area contributed by atoms with Gasteiger partial charge in [-0.15, -0.1) is 34.4 Å². The summed E-state index contributed by atoms with van der Waals surface area (Å²) in [4.78, 5) is 30.8. The molecule has 0 aliphatic heterocycles. The van der Waals surface area contributed by atoms with Gasteiger partial charge in [-0.1, -0.05) is 29.8 Å². The number of halogens is 1. The lowest BCUT2D eigenvalue weighted by Gasteiger charge is -2.11. The summed E-state index contributed by atoms with van der Waals surface area (Å²) in [5, 5.41) is 10.4. The SMILES string of the molecule is CC(Sc1ccc(NC(=O)c2cccs2)cc1)C(=O)Nc1nc(-c2ccc(Cl)cc2)cs1. The van der Waals surface area contributed by atoms with E-state index < -0.39 is 0 Å². The van der Waals surface area contributed by atoms with E-state index in [4.69, 9.17) is 11.6 Å². The molecule has 2 aromatic carbocycles. The summed E-state index contributed by atoms with van der Waals surface area (Å²) >= 11 is 10.2. The lowest BCUT2D eigenvalue weighted by atomic mass is 10.2. The molecule has 2 amide bonds. The number of thiophene rings is 1. The average Bonchev–Trinajstić information content (AvgIpc) is 3.48. The second kappa shape index (κ2) is 10.3. The number of amides is 2. The molecule has 32 heavy (non-hydrogen) atoms. The van der Waals surface area contributed by atoms with Gasteiger partial charge in [0.25, 0.3) is 5.91 Å². The molecule has 2 aromatic heterocycles. The molecule has 9 heteroatoms. The highest BCUT2D eigenvalue weighted by Gasteiger charge is 2.17. The number of carbonyl (C=O) groups is 2. The number of rotatable bonds is 7. The Morgan fingerprint density at radius 1 is 1.00 bits per heavy atom. The monoisotopic (exact) mass is 499 g/mol. The van der Waals surface area contributed by atoms with Crippen LogP contribution in [0.1, 0.15) is 16.6 Å². The van der Waals surface area contributed by atoms with Crippen molar-refractivity contribution in [3.05, 3.63) is 81.3 Å². The second-order valence-electron chi connectivity index (χ2n) is 6.75. The normalized spacial score (nSPS) is 11.7. The standard InChI is InChI=1S/C23H18ClN3O2S3/c1-14(21(28)27-23-26-19(13-31-23)15-4-6-16(24)7-5-15)32-18-10-8-17(9-11-18)25-22(29)20-3-2-12-30-20/h2-14H,1H3,(H,25,29)(H,26,27,28). The van der Waals surface area contributed by atoms with Crippen LogP contribution in [0.4, 0.5) is 10.8 Å². The van der Waals surface area contributed by atoms with Crippen LogP contribution in [-0.2, 0) is 4.79 Å². The first kappa shape index (κ1) is 22.5. The highest BCUT2D eigenvalue weighted by atomic mass is 35.5. The molecule has 4 aromatic rings. The number of thioether (sulfide) groups is 1. The van der Waals surface area contributed by atoms with Gasteiger partial charge in [-0.25, -0.2) is 4.98 Å². The van der Waals surface area contributed by atoms with Crippen LogP contribution >= 0.6 is 46.0 Å². The maximum atomic E-state index is 12.6. The van der Waals surface area contributed by atoms with E-state index in [1.807, 2.05) is 72.3 Å². The summed E-state index contributed by atoms with van der Waals surface area (Å²) in [7, 11) is 0. The molecule has 1 unspecified atom stereocenters. The van der Waals surface area contributed by atoms with Crippen LogP contribution in [0.5, 0.6) is 0 Å². The molecule has 0 fully saturated rings. The molecule has 1 atom stereocenters. The molecule has 2 heterocycles. The highest BCUT2D eigenvalue weighted by Crippen LogP contribution is 2.29. The van der Waals surface area contributed by atoms with Gasteiger partial charge >= 0.3 is 0 Å². The Balaban J connectivity index is 1.31. The molecule has 0 bridgehead atoms. The maximum absolute atomic E-state index is 12.6. The quantitative estimate of drug-likeness (QED) is 0.271. The van der Waals surface area contributed by atoms with Crippen LogP contribution in [0.3, 0.4) is 0 Å². The topological polar surface area (TPSA) is 71.1 Å². The summed E-state index contributed by atoms with van der Waals surface area (Å²) in [5.74, 6) is -0.253. The van der Waals surface area contributed by atoms with Gasteiger partial charge in [0.1, 0.15) is 0 Å².